The van der Waals surface area contributed by atoms with Crippen LogP contribution in [0.4, 0.5) is 11.4 Å². The van der Waals surface area contributed by atoms with Gasteiger partial charge >= 0.3 is 0 Å². The van der Waals surface area contributed by atoms with E-state index in [9.17, 15) is 9.59 Å². The normalized spacial score (nSPS) is 15.3. The van der Waals surface area contributed by atoms with Crippen molar-refractivity contribution in [1.82, 2.24) is 0 Å². The van der Waals surface area contributed by atoms with Gasteiger partial charge in [-0.05, 0) is 48.4 Å². The van der Waals surface area contributed by atoms with E-state index in [4.69, 9.17) is 14.2 Å². The smallest absolute Gasteiger partial charge is 0.239 e. The summed E-state index contributed by atoms with van der Waals surface area (Å²) in [4.78, 5) is 27.4. The molecule has 4 rings (SSSR count). The highest BCUT2D eigenvalue weighted by molar-refractivity contribution is 6.13. The number of amides is 2. The molecule has 1 aliphatic rings. The summed E-state index contributed by atoms with van der Waals surface area (Å²) < 4.78 is 16.3. The van der Waals surface area contributed by atoms with Gasteiger partial charge in [0, 0.05) is 24.0 Å². The van der Waals surface area contributed by atoms with Gasteiger partial charge < -0.3 is 24.4 Å². The number of hydrogen-bond acceptors (Lipinski definition) is 5. The van der Waals surface area contributed by atoms with Crippen LogP contribution in [-0.2, 0) is 16.2 Å². The maximum Gasteiger partial charge on any atom is 0.239 e. The largest absolute Gasteiger partial charge is 0.493 e. The Morgan fingerprint density at radius 1 is 0.970 bits per heavy atom. The molecule has 0 aliphatic carbocycles. The summed E-state index contributed by atoms with van der Waals surface area (Å²) >= 11 is 0. The lowest BCUT2D eigenvalue weighted by Gasteiger charge is -2.17. The molecule has 0 spiro atoms. The van der Waals surface area contributed by atoms with Gasteiger partial charge in [-0.15, -0.1) is 0 Å². The van der Waals surface area contributed by atoms with E-state index in [1.165, 1.54) is 7.11 Å². The molecule has 7 heteroatoms. The van der Waals surface area contributed by atoms with Gasteiger partial charge in [-0.25, -0.2) is 0 Å². The predicted octanol–water partition coefficient (Wildman–Crippen LogP) is 4.27. The topological polar surface area (TPSA) is 77.1 Å². The second kappa shape index (κ2) is 10.1. The van der Waals surface area contributed by atoms with E-state index < -0.39 is 5.92 Å². The molecule has 33 heavy (non-hydrogen) atoms. The quantitative estimate of drug-likeness (QED) is 0.523. The number of hydrogen-bond donors (Lipinski definition) is 1. The molecule has 1 aliphatic heterocycles. The second-order valence-electron chi connectivity index (χ2n) is 7.66. The van der Waals surface area contributed by atoms with Crippen LogP contribution in [0.3, 0.4) is 0 Å². The molecule has 7 nitrogen and oxygen atoms in total. The van der Waals surface area contributed by atoms with Crippen molar-refractivity contribution >= 4 is 23.2 Å². The number of carbonyl (C=O) groups excluding carboxylic acids is 2. The van der Waals surface area contributed by atoms with E-state index in [1.807, 2.05) is 54.6 Å². The first-order valence-electron chi connectivity index (χ1n) is 10.7. The van der Waals surface area contributed by atoms with Crippen molar-refractivity contribution in [2.45, 2.75) is 13.0 Å². The lowest BCUT2D eigenvalue weighted by Crippen LogP contribution is -2.33. The summed E-state index contributed by atoms with van der Waals surface area (Å²) in [7, 11) is 3.07. The van der Waals surface area contributed by atoms with Gasteiger partial charge in [0.1, 0.15) is 18.3 Å². The molecule has 0 radical (unpaired) electrons. The molecule has 3 aromatic carbocycles. The molecule has 1 saturated heterocycles. The predicted molar refractivity (Wildman–Crippen MR) is 126 cm³/mol. The van der Waals surface area contributed by atoms with Gasteiger partial charge in [0.25, 0.3) is 0 Å². The molecule has 0 bridgehead atoms. The first-order chi connectivity index (χ1) is 16.1. The Kier molecular flexibility index (Phi) is 6.78. The molecular formula is C26H26N2O5. The molecule has 170 valence electrons. The zero-order valence-electron chi connectivity index (χ0n) is 18.6. The first-order valence-corrected chi connectivity index (χ1v) is 10.7. The number of ether oxygens (including phenoxy) is 3. The molecule has 1 N–H and O–H groups in total. The fraction of sp³-hybridized carbons (Fsp3) is 0.231. The molecular weight excluding hydrogens is 420 g/mol. The molecule has 2 amide bonds. The van der Waals surface area contributed by atoms with Gasteiger partial charge in [0.15, 0.2) is 11.5 Å². The standard InChI is InChI=1S/C26H26N2O5/c1-31-23-13-8-19(16-24(23)32-2)27-25(29)22-14-15-28(26(22)30)20-9-11-21(12-10-20)33-17-18-6-4-3-5-7-18/h3-13,16,22H,14-15,17H2,1-2H3,(H,27,29). The Morgan fingerprint density at radius 3 is 2.39 bits per heavy atom. The molecule has 1 fully saturated rings. The molecule has 0 aromatic heterocycles. The van der Waals surface area contributed by atoms with Gasteiger partial charge in [-0.3, -0.25) is 9.59 Å². The van der Waals surface area contributed by atoms with Gasteiger partial charge in [0.05, 0.1) is 14.2 Å². The highest BCUT2D eigenvalue weighted by Crippen LogP contribution is 2.31. The lowest BCUT2D eigenvalue weighted by molar-refractivity contribution is -0.129. The van der Waals surface area contributed by atoms with E-state index in [0.717, 1.165) is 17.0 Å². The zero-order chi connectivity index (χ0) is 23.2. The molecule has 0 saturated carbocycles. The fourth-order valence-electron chi connectivity index (χ4n) is 3.79. The third kappa shape index (κ3) is 5.09. The number of rotatable bonds is 8. The van der Waals surface area contributed by atoms with Crippen molar-refractivity contribution in [2.75, 3.05) is 31.0 Å². The monoisotopic (exact) mass is 446 g/mol. The van der Waals surface area contributed by atoms with Gasteiger partial charge in [-0.2, -0.15) is 0 Å². The van der Waals surface area contributed by atoms with Gasteiger partial charge in [0.2, 0.25) is 11.8 Å². The van der Waals surface area contributed by atoms with Crippen molar-refractivity contribution < 1.29 is 23.8 Å². The van der Waals surface area contributed by atoms with E-state index >= 15 is 0 Å². The number of benzene rings is 3. The van der Waals surface area contributed by atoms with E-state index in [2.05, 4.69) is 5.32 Å². The third-order valence-corrected chi connectivity index (χ3v) is 5.57. The summed E-state index contributed by atoms with van der Waals surface area (Å²) in [5, 5.41) is 2.81. The number of methoxy groups -OCH3 is 2. The Balaban J connectivity index is 1.36. The maximum absolute atomic E-state index is 12.9. The zero-order valence-corrected chi connectivity index (χ0v) is 18.6. The number of anilines is 2. The lowest BCUT2D eigenvalue weighted by atomic mass is 10.1. The number of carbonyl (C=O) groups is 2. The van der Waals surface area contributed by atoms with Crippen molar-refractivity contribution in [3.8, 4) is 17.2 Å². The molecule has 1 heterocycles. The first kappa shape index (κ1) is 22.2. The average molecular weight is 447 g/mol. The van der Waals surface area contributed by atoms with Crippen LogP contribution in [0.25, 0.3) is 0 Å². The minimum absolute atomic E-state index is 0.217. The third-order valence-electron chi connectivity index (χ3n) is 5.57. The molecule has 1 atom stereocenters. The summed E-state index contributed by atoms with van der Waals surface area (Å²) in [5.74, 6) is 0.492. The van der Waals surface area contributed by atoms with Crippen molar-refractivity contribution in [3.05, 3.63) is 78.4 Å². The van der Waals surface area contributed by atoms with Crippen LogP contribution in [0.15, 0.2) is 72.8 Å². The summed E-state index contributed by atoms with van der Waals surface area (Å²) in [6, 6.07) is 22.4. The minimum atomic E-state index is -0.743. The van der Waals surface area contributed by atoms with Crippen LogP contribution in [0, 0.1) is 5.92 Å². The Hall–Kier alpha value is -4.00. The average Bonchev–Trinajstić information content (AvgIpc) is 3.25. The maximum atomic E-state index is 12.9. The summed E-state index contributed by atoms with van der Waals surface area (Å²) in [6.45, 7) is 0.953. The van der Waals surface area contributed by atoms with E-state index in [-0.39, 0.29) is 11.8 Å². The SMILES string of the molecule is COc1ccc(NC(=O)C2CCN(c3ccc(OCc4ccccc4)cc3)C2=O)cc1OC. The second-order valence-corrected chi connectivity index (χ2v) is 7.66. The van der Waals surface area contributed by atoms with Crippen molar-refractivity contribution in [2.24, 2.45) is 5.92 Å². The van der Waals surface area contributed by atoms with Crippen LogP contribution < -0.4 is 24.4 Å². The van der Waals surface area contributed by atoms with Crippen molar-refractivity contribution in [1.29, 1.82) is 0 Å². The Bertz CT molecular complexity index is 1120. The van der Waals surface area contributed by atoms with Crippen LogP contribution in [0.2, 0.25) is 0 Å². The minimum Gasteiger partial charge on any atom is -0.493 e. The molecule has 3 aromatic rings. The Morgan fingerprint density at radius 2 is 1.70 bits per heavy atom. The van der Waals surface area contributed by atoms with Crippen LogP contribution in [0.1, 0.15) is 12.0 Å². The van der Waals surface area contributed by atoms with Crippen LogP contribution >= 0.6 is 0 Å². The summed E-state index contributed by atoms with van der Waals surface area (Å²) in [6.07, 6.45) is 0.449. The number of nitrogens with zero attached hydrogens (tertiary/aromatic N) is 1. The van der Waals surface area contributed by atoms with Gasteiger partial charge in [-0.1, -0.05) is 30.3 Å². The number of nitrogens with one attached hydrogen (secondary N) is 1. The van der Waals surface area contributed by atoms with E-state index in [1.54, 1.807) is 30.2 Å². The van der Waals surface area contributed by atoms with Crippen LogP contribution in [0.5, 0.6) is 17.2 Å². The summed E-state index contributed by atoms with van der Waals surface area (Å²) in [5.41, 5.74) is 2.37. The highest BCUT2D eigenvalue weighted by Gasteiger charge is 2.37. The Labute approximate surface area is 192 Å². The van der Waals surface area contributed by atoms with Crippen LogP contribution in [-0.4, -0.2) is 32.6 Å². The van der Waals surface area contributed by atoms with E-state index in [0.29, 0.717) is 36.8 Å². The fourth-order valence-corrected chi connectivity index (χ4v) is 3.79. The molecule has 1 unspecified atom stereocenters. The highest BCUT2D eigenvalue weighted by atomic mass is 16.5. The van der Waals surface area contributed by atoms with Crippen molar-refractivity contribution in [3.63, 3.8) is 0 Å².